The van der Waals surface area contributed by atoms with Gasteiger partial charge in [0.15, 0.2) is 11.1 Å². The predicted molar refractivity (Wildman–Crippen MR) is 114 cm³/mol. The third kappa shape index (κ3) is 4.54. The molecule has 3 rings (SSSR count). The zero-order valence-electron chi connectivity index (χ0n) is 16.8. The van der Waals surface area contributed by atoms with Crippen LogP contribution in [0.25, 0.3) is 11.0 Å². The Labute approximate surface area is 171 Å². The van der Waals surface area contributed by atoms with Gasteiger partial charge in [-0.3, -0.25) is 0 Å². The molecule has 0 saturated carbocycles. The van der Waals surface area contributed by atoms with Crippen LogP contribution in [0, 0.1) is 24.2 Å². The van der Waals surface area contributed by atoms with Crippen molar-refractivity contribution in [3.8, 4) is 6.07 Å². The van der Waals surface area contributed by atoms with Crippen LogP contribution >= 0.6 is 0 Å². The van der Waals surface area contributed by atoms with E-state index in [1.165, 1.54) is 12.1 Å². The fraction of sp³-hybridized carbons (Fsp3) is 0.318. The summed E-state index contributed by atoms with van der Waals surface area (Å²) in [6, 6.07) is 15.7. The van der Waals surface area contributed by atoms with Gasteiger partial charge in [0, 0.05) is 6.54 Å². The first-order chi connectivity index (χ1) is 13.8. The lowest BCUT2D eigenvalue weighted by atomic mass is 10.1. The summed E-state index contributed by atoms with van der Waals surface area (Å²) >= 11 is 0. The standard InChI is InChI=1S/C22H24N4O2S/c1-15(2)12-13-24-22-21(25-18-6-4-5-7-19(18)26-22)20(14-23)29(27,28)17-10-8-16(3)9-11-17/h4-11,15,20H,12-13H2,1-3H3,(H,24,26)/t20-/m0/s1. The van der Waals surface area contributed by atoms with Crippen LogP contribution in [0.2, 0.25) is 0 Å². The molecule has 7 heteroatoms. The number of sulfone groups is 1. The number of nitrogens with one attached hydrogen (secondary N) is 1. The molecule has 1 N–H and O–H groups in total. The normalized spacial score (nSPS) is 12.7. The van der Waals surface area contributed by atoms with Crippen LogP contribution in [0.5, 0.6) is 0 Å². The first-order valence-corrected chi connectivity index (χ1v) is 11.1. The van der Waals surface area contributed by atoms with Crippen molar-refractivity contribution in [1.82, 2.24) is 9.97 Å². The van der Waals surface area contributed by atoms with Crippen molar-refractivity contribution in [3.63, 3.8) is 0 Å². The summed E-state index contributed by atoms with van der Waals surface area (Å²) in [5, 5.41) is 11.6. The number of aryl methyl sites for hydroxylation is 1. The Bertz CT molecular complexity index is 1150. The lowest BCUT2D eigenvalue weighted by Gasteiger charge is -2.16. The molecule has 0 aliphatic heterocycles. The molecule has 1 atom stereocenters. The van der Waals surface area contributed by atoms with E-state index in [-0.39, 0.29) is 10.6 Å². The number of rotatable bonds is 7. The van der Waals surface area contributed by atoms with Crippen LogP contribution in [-0.2, 0) is 9.84 Å². The average Bonchev–Trinajstić information content (AvgIpc) is 2.68. The van der Waals surface area contributed by atoms with E-state index in [1.807, 2.05) is 31.2 Å². The molecule has 3 aromatic rings. The second-order valence-corrected chi connectivity index (χ2v) is 9.46. The number of aromatic nitrogens is 2. The maximum atomic E-state index is 13.2. The van der Waals surface area contributed by atoms with Crippen molar-refractivity contribution >= 4 is 26.7 Å². The van der Waals surface area contributed by atoms with Crippen LogP contribution in [0.15, 0.2) is 53.4 Å². The van der Waals surface area contributed by atoms with Crippen LogP contribution in [0.3, 0.4) is 0 Å². The Morgan fingerprint density at radius 1 is 1.03 bits per heavy atom. The fourth-order valence-corrected chi connectivity index (χ4v) is 4.33. The van der Waals surface area contributed by atoms with E-state index in [2.05, 4.69) is 29.1 Å². The molecule has 0 fully saturated rings. The van der Waals surface area contributed by atoms with Gasteiger partial charge >= 0.3 is 0 Å². The molecule has 150 valence electrons. The summed E-state index contributed by atoms with van der Waals surface area (Å²) in [4.78, 5) is 9.19. The number of hydrogen-bond donors (Lipinski definition) is 1. The smallest absolute Gasteiger partial charge is 0.200 e. The number of benzene rings is 2. The number of fused-ring (bicyclic) bond motifs is 1. The molecule has 29 heavy (non-hydrogen) atoms. The van der Waals surface area contributed by atoms with Gasteiger partial charge in [-0.15, -0.1) is 0 Å². The average molecular weight is 409 g/mol. The topological polar surface area (TPSA) is 95.7 Å². The maximum absolute atomic E-state index is 13.2. The number of anilines is 1. The van der Waals surface area contributed by atoms with Gasteiger partial charge in [-0.05, 0) is 43.5 Å². The lowest BCUT2D eigenvalue weighted by Crippen LogP contribution is -2.18. The molecule has 1 aromatic heterocycles. The molecule has 0 spiro atoms. The number of para-hydroxylation sites is 2. The molecule has 0 bridgehead atoms. The Balaban J connectivity index is 2.11. The second-order valence-electron chi connectivity index (χ2n) is 7.42. The monoisotopic (exact) mass is 408 g/mol. The zero-order valence-corrected chi connectivity index (χ0v) is 17.6. The van der Waals surface area contributed by atoms with Crippen molar-refractivity contribution < 1.29 is 8.42 Å². The molecule has 0 saturated heterocycles. The second kappa shape index (κ2) is 8.58. The fourth-order valence-electron chi connectivity index (χ4n) is 2.95. The molecule has 0 aliphatic carbocycles. The van der Waals surface area contributed by atoms with E-state index in [4.69, 9.17) is 0 Å². The van der Waals surface area contributed by atoms with Gasteiger partial charge in [0.1, 0.15) is 5.69 Å². The minimum atomic E-state index is -3.96. The molecule has 0 unspecified atom stereocenters. The van der Waals surface area contributed by atoms with Crippen molar-refractivity contribution in [1.29, 1.82) is 5.26 Å². The highest BCUT2D eigenvalue weighted by Gasteiger charge is 2.33. The Hall–Kier alpha value is -2.98. The van der Waals surface area contributed by atoms with Crippen LogP contribution in [0.4, 0.5) is 5.82 Å². The van der Waals surface area contributed by atoms with E-state index in [1.54, 1.807) is 18.2 Å². The van der Waals surface area contributed by atoms with Crippen LogP contribution in [-0.4, -0.2) is 24.9 Å². The molecular formula is C22H24N4O2S. The Morgan fingerprint density at radius 3 is 2.24 bits per heavy atom. The van der Waals surface area contributed by atoms with Crippen LogP contribution in [0.1, 0.15) is 36.8 Å². The third-order valence-electron chi connectivity index (χ3n) is 4.64. The van der Waals surface area contributed by atoms with Crippen molar-refractivity contribution in [2.75, 3.05) is 11.9 Å². The zero-order chi connectivity index (χ0) is 21.0. The third-order valence-corrected chi connectivity index (χ3v) is 6.52. The molecule has 6 nitrogen and oxygen atoms in total. The van der Waals surface area contributed by atoms with Crippen molar-refractivity contribution in [2.45, 2.75) is 37.3 Å². The highest BCUT2D eigenvalue weighted by molar-refractivity contribution is 7.92. The van der Waals surface area contributed by atoms with E-state index in [9.17, 15) is 13.7 Å². The van der Waals surface area contributed by atoms with E-state index < -0.39 is 15.1 Å². The molecule has 2 aromatic carbocycles. The van der Waals surface area contributed by atoms with Crippen molar-refractivity contribution in [2.24, 2.45) is 5.92 Å². The SMILES string of the molecule is Cc1ccc(S(=O)(=O)[C@@H](C#N)c2nc3ccccc3nc2NCCC(C)C)cc1. The summed E-state index contributed by atoms with van der Waals surface area (Å²) in [5.74, 6) is 0.814. The number of nitrogens with zero attached hydrogens (tertiary/aromatic N) is 3. The van der Waals surface area contributed by atoms with Crippen LogP contribution < -0.4 is 5.32 Å². The summed E-state index contributed by atoms with van der Waals surface area (Å²) in [5.41, 5.74) is 2.28. The lowest BCUT2D eigenvalue weighted by molar-refractivity contribution is 0.589. The highest BCUT2D eigenvalue weighted by Crippen LogP contribution is 2.32. The summed E-state index contributed by atoms with van der Waals surface area (Å²) in [6.07, 6.45) is 0.885. The van der Waals surface area contributed by atoms with Gasteiger partial charge in [0.25, 0.3) is 0 Å². The van der Waals surface area contributed by atoms with Gasteiger partial charge in [-0.1, -0.05) is 43.7 Å². The number of nitriles is 1. The van der Waals surface area contributed by atoms with Gasteiger partial charge in [-0.25, -0.2) is 18.4 Å². The first-order valence-electron chi connectivity index (χ1n) is 9.53. The molecule has 0 amide bonds. The Kier molecular flexibility index (Phi) is 6.14. The highest BCUT2D eigenvalue weighted by atomic mass is 32.2. The largest absolute Gasteiger partial charge is 0.368 e. The summed E-state index contributed by atoms with van der Waals surface area (Å²) in [6.45, 7) is 6.70. The molecular weight excluding hydrogens is 384 g/mol. The van der Waals surface area contributed by atoms with Gasteiger partial charge in [0.2, 0.25) is 9.84 Å². The minimum Gasteiger partial charge on any atom is -0.368 e. The first kappa shape index (κ1) is 20.7. The summed E-state index contributed by atoms with van der Waals surface area (Å²) in [7, 11) is -3.96. The van der Waals surface area contributed by atoms with E-state index in [0.717, 1.165) is 12.0 Å². The minimum absolute atomic E-state index is 0.0951. The predicted octanol–water partition coefficient (Wildman–Crippen LogP) is 4.43. The van der Waals surface area contributed by atoms with Crippen molar-refractivity contribution in [3.05, 3.63) is 59.8 Å². The maximum Gasteiger partial charge on any atom is 0.200 e. The van der Waals surface area contributed by atoms with E-state index >= 15 is 0 Å². The Morgan fingerprint density at radius 2 is 1.66 bits per heavy atom. The van der Waals surface area contributed by atoms with Gasteiger partial charge < -0.3 is 5.32 Å². The summed E-state index contributed by atoms with van der Waals surface area (Å²) < 4.78 is 26.5. The molecule has 1 heterocycles. The van der Waals surface area contributed by atoms with E-state index in [0.29, 0.717) is 29.3 Å². The van der Waals surface area contributed by atoms with Gasteiger partial charge in [0.05, 0.1) is 22.0 Å². The molecule has 0 aliphatic rings. The van der Waals surface area contributed by atoms with Gasteiger partial charge in [-0.2, -0.15) is 5.26 Å². The quantitative estimate of drug-likeness (QED) is 0.621. The number of hydrogen-bond acceptors (Lipinski definition) is 6. The molecule has 0 radical (unpaired) electrons.